The van der Waals surface area contributed by atoms with E-state index in [1.165, 1.54) is 0 Å². The molecule has 0 bridgehead atoms. The Morgan fingerprint density at radius 2 is 2.00 bits per heavy atom. The number of esters is 1. The number of benzene rings is 1. The van der Waals surface area contributed by atoms with Crippen LogP contribution >= 0.6 is 0 Å². The Balaban J connectivity index is 2.16. The number of carbonyl (C=O) groups is 2. The highest BCUT2D eigenvalue weighted by Gasteiger charge is 2.44. The minimum Gasteiger partial charge on any atom is -0.456 e. The Labute approximate surface area is 109 Å². The SMILES string of the molecule is N#CC1C(=O)NC2=C(C(=O)OC2)C1c1ccccc1. The molecule has 19 heavy (non-hydrogen) atoms. The highest BCUT2D eigenvalue weighted by Crippen LogP contribution is 2.39. The number of hydrogen-bond donors (Lipinski definition) is 1. The summed E-state index contributed by atoms with van der Waals surface area (Å²) in [5, 5.41) is 11.8. The molecule has 5 heteroatoms. The fourth-order valence-electron chi connectivity index (χ4n) is 2.53. The molecule has 2 unspecified atom stereocenters. The Kier molecular flexibility index (Phi) is 2.57. The van der Waals surface area contributed by atoms with Crippen molar-refractivity contribution in [3.05, 3.63) is 47.2 Å². The zero-order chi connectivity index (χ0) is 13.4. The molecule has 5 nitrogen and oxygen atoms in total. The van der Waals surface area contributed by atoms with Gasteiger partial charge in [0.15, 0.2) is 0 Å². The Morgan fingerprint density at radius 1 is 1.26 bits per heavy atom. The first-order valence-electron chi connectivity index (χ1n) is 5.88. The molecule has 2 heterocycles. The third-order valence-corrected chi connectivity index (χ3v) is 3.39. The van der Waals surface area contributed by atoms with E-state index < -0.39 is 17.8 Å². The Bertz CT molecular complexity index is 628. The van der Waals surface area contributed by atoms with Gasteiger partial charge in [0.1, 0.15) is 12.5 Å². The van der Waals surface area contributed by atoms with Crippen molar-refractivity contribution >= 4 is 11.9 Å². The van der Waals surface area contributed by atoms with Gasteiger partial charge in [-0.05, 0) is 5.56 Å². The van der Waals surface area contributed by atoms with Crippen LogP contribution in [0.1, 0.15) is 11.5 Å². The molecule has 2 atom stereocenters. The average Bonchev–Trinajstić information content (AvgIpc) is 2.79. The zero-order valence-electron chi connectivity index (χ0n) is 9.92. The van der Waals surface area contributed by atoms with Crippen LogP contribution in [0.2, 0.25) is 0 Å². The molecule has 2 aliphatic heterocycles. The summed E-state index contributed by atoms with van der Waals surface area (Å²) in [6.45, 7) is 0.0708. The van der Waals surface area contributed by atoms with Crippen molar-refractivity contribution in [3.63, 3.8) is 0 Å². The van der Waals surface area contributed by atoms with E-state index >= 15 is 0 Å². The minimum absolute atomic E-state index is 0.0708. The molecule has 0 aliphatic carbocycles. The van der Waals surface area contributed by atoms with Crippen molar-refractivity contribution in [2.45, 2.75) is 5.92 Å². The third-order valence-electron chi connectivity index (χ3n) is 3.39. The second kappa shape index (κ2) is 4.25. The minimum atomic E-state index is -0.910. The van der Waals surface area contributed by atoms with Crippen molar-refractivity contribution in [2.75, 3.05) is 6.61 Å². The van der Waals surface area contributed by atoms with Crippen molar-refractivity contribution in [2.24, 2.45) is 5.92 Å². The van der Waals surface area contributed by atoms with E-state index in [9.17, 15) is 14.9 Å². The van der Waals surface area contributed by atoms with Crippen LogP contribution in [0.25, 0.3) is 0 Å². The largest absolute Gasteiger partial charge is 0.456 e. The fraction of sp³-hybridized carbons (Fsp3) is 0.214. The van der Waals surface area contributed by atoms with Gasteiger partial charge in [-0.1, -0.05) is 30.3 Å². The average molecular weight is 254 g/mol. The van der Waals surface area contributed by atoms with Gasteiger partial charge in [-0.25, -0.2) is 4.79 Å². The summed E-state index contributed by atoms with van der Waals surface area (Å²) in [7, 11) is 0. The van der Waals surface area contributed by atoms with E-state index in [-0.39, 0.29) is 12.5 Å². The highest BCUT2D eigenvalue weighted by atomic mass is 16.5. The monoisotopic (exact) mass is 254 g/mol. The van der Waals surface area contributed by atoms with Crippen molar-refractivity contribution in [1.82, 2.24) is 5.32 Å². The maximum absolute atomic E-state index is 11.9. The number of cyclic esters (lactones) is 1. The molecule has 0 aromatic heterocycles. The van der Waals surface area contributed by atoms with E-state index in [1.54, 1.807) is 0 Å². The summed E-state index contributed by atoms with van der Waals surface area (Å²) in [5.41, 5.74) is 1.66. The predicted molar refractivity (Wildman–Crippen MR) is 64.4 cm³/mol. The topological polar surface area (TPSA) is 79.2 Å². The molecule has 1 aromatic rings. The molecule has 1 aromatic carbocycles. The lowest BCUT2D eigenvalue weighted by molar-refractivity contribution is -0.136. The molecule has 1 N–H and O–H groups in total. The van der Waals surface area contributed by atoms with Gasteiger partial charge >= 0.3 is 5.97 Å². The van der Waals surface area contributed by atoms with Crippen molar-refractivity contribution in [3.8, 4) is 6.07 Å². The standard InChI is InChI=1S/C14H10N2O3/c15-6-9-11(8-4-2-1-3-5-8)12-10(16-13(9)17)7-19-14(12)18/h1-5,9,11H,7H2,(H,16,17). The number of hydrogen-bond acceptors (Lipinski definition) is 4. The van der Waals surface area contributed by atoms with E-state index in [2.05, 4.69) is 5.32 Å². The number of nitrogens with one attached hydrogen (secondary N) is 1. The van der Waals surface area contributed by atoms with Gasteiger partial charge in [-0.2, -0.15) is 5.26 Å². The number of rotatable bonds is 1. The molecule has 0 saturated carbocycles. The molecular formula is C14H10N2O3. The summed E-state index contributed by atoms with van der Waals surface area (Å²) in [6, 6.07) is 11.1. The maximum Gasteiger partial charge on any atom is 0.336 e. The van der Waals surface area contributed by atoms with Gasteiger partial charge in [0.25, 0.3) is 0 Å². The Hall–Kier alpha value is -2.61. The molecule has 3 rings (SSSR count). The smallest absolute Gasteiger partial charge is 0.336 e. The normalized spacial score (nSPS) is 25.4. The molecular weight excluding hydrogens is 244 g/mol. The second-order valence-electron chi connectivity index (χ2n) is 4.45. The number of carbonyl (C=O) groups excluding carboxylic acids is 2. The molecule has 0 radical (unpaired) electrons. The maximum atomic E-state index is 11.9. The van der Waals surface area contributed by atoms with Crippen LogP contribution in [0.4, 0.5) is 0 Å². The number of nitriles is 1. The van der Waals surface area contributed by atoms with Gasteiger partial charge in [0.05, 0.1) is 17.3 Å². The van der Waals surface area contributed by atoms with Crippen molar-refractivity contribution in [1.29, 1.82) is 5.26 Å². The van der Waals surface area contributed by atoms with E-state index in [0.29, 0.717) is 11.3 Å². The molecule has 0 saturated heterocycles. The lowest BCUT2D eigenvalue weighted by atomic mass is 9.78. The number of ether oxygens (including phenoxy) is 1. The first-order valence-corrected chi connectivity index (χ1v) is 5.88. The number of nitrogens with zero attached hydrogens (tertiary/aromatic N) is 1. The Morgan fingerprint density at radius 3 is 2.68 bits per heavy atom. The van der Waals surface area contributed by atoms with Crippen LogP contribution in [-0.4, -0.2) is 18.5 Å². The first kappa shape index (κ1) is 11.5. The van der Waals surface area contributed by atoms with Gasteiger partial charge in [0, 0.05) is 5.92 Å². The fourth-order valence-corrected chi connectivity index (χ4v) is 2.53. The summed E-state index contributed by atoms with van der Waals surface area (Å²) < 4.78 is 4.96. The highest BCUT2D eigenvalue weighted by molar-refractivity contribution is 5.99. The van der Waals surface area contributed by atoms with E-state index in [0.717, 1.165) is 5.56 Å². The van der Waals surface area contributed by atoms with E-state index in [4.69, 9.17) is 4.74 Å². The van der Waals surface area contributed by atoms with Gasteiger partial charge in [-0.3, -0.25) is 4.79 Å². The zero-order valence-corrected chi connectivity index (χ0v) is 9.92. The van der Waals surface area contributed by atoms with Gasteiger partial charge in [0.2, 0.25) is 5.91 Å². The van der Waals surface area contributed by atoms with Crippen molar-refractivity contribution < 1.29 is 14.3 Å². The predicted octanol–water partition coefficient (Wildman–Crippen LogP) is 0.851. The summed E-state index contributed by atoms with van der Waals surface area (Å²) in [6.07, 6.45) is 0. The summed E-state index contributed by atoms with van der Waals surface area (Å²) in [5.74, 6) is -2.30. The summed E-state index contributed by atoms with van der Waals surface area (Å²) in [4.78, 5) is 23.7. The summed E-state index contributed by atoms with van der Waals surface area (Å²) >= 11 is 0. The van der Waals surface area contributed by atoms with E-state index in [1.807, 2.05) is 36.4 Å². The van der Waals surface area contributed by atoms with Crippen LogP contribution < -0.4 is 5.32 Å². The molecule has 1 amide bonds. The quantitative estimate of drug-likeness (QED) is 0.753. The van der Waals surface area contributed by atoms with Crippen LogP contribution in [0.5, 0.6) is 0 Å². The van der Waals surface area contributed by atoms with Crippen LogP contribution in [0.3, 0.4) is 0 Å². The molecule has 2 aliphatic rings. The van der Waals surface area contributed by atoms with Gasteiger partial charge in [-0.15, -0.1) is 0 Å². The second-order valence-corrected chi connectivity index (χ2v) is 4.45. The third kappa shape index (κ3) is 1.69. The first-order chi connectivity index (χ1) is 9.22. The lowest BCUT2D eigenvalue weighted by Gasteiger charge is -2.26. The van der Waals surface area contributed by atoms with Crippen LogP contribution in [0, 0.1) is 17.2 Å². The molecule has 0 spiro atoms. The van der Waals surface area contributed by atoms with Crippen LogP contribution in [-0.2, 0) is 14.3 Å². The number of amides is 1. The lowest BCUT2D eigenvalue weighted by Crippen LogP contribution is -2.40. The van der Waals surface area contributed by atoms with Gasteiger partial charge < -0.3 is 10.1 Å². The van der Waals surface area contributed by atoms with Crippen LogP contribution in [0.15, 0.2) is 41.6 Å². The molecule has 0 fully saturated rings. The molecule has 94 valence electrons.